The zero-order valence-corrected chi connectivity index (χ0v) is 20.2. The summed E-state index contributed by atoms with van der Waals surface area (Å²) in [6, 6.07) is 23.2. The summed E-state index contributed by atoms with van der Waals surface area (Å²) >= 11 is 1.39. The molecule has 34 heavy (non-hydrogen) atoms. The SMILES string of the molecule is CC1(C)C[C@@](C)(c2ccccc2)c2cccc3c2N1C(=O)[C@@]31SCC(=O)N1c1ccc(O)cc1. The van der Waals surface area contributed by atoms with E-state index in [0.29, 0.717) is 5.69 Å². The van der Waals surface area contributed by atoms with Gasteiger partial charge in [0.25, 0.3) is 5.91 Å². The Hall–Kier alpha value is -3.25. The Bertz CT molecular complexity index is 1340. The third-order valence-corrected chi connectivity index (χ3v) is 8.98. The molecule has 1 N–H and O–H groups in total. The first-order valence-corrected chi connectivity index (χ1v) is 12.5. The summed E-state index contributed by atoms with van der Waals surface area (Å²) in [5.74, 6) is 0.168. The van der Waals surface area contributed by atoms with Crippen LogP contribution in [0.5, 0.6) is 5.75 Å². The maximum absolute atomic E-state index is 14.4. The van der Waals surface area contributed by atoms with Crippen LogP contribution in [0.25, 0.3) is 0 Å². The highest BCUT2D eigenvalue weighted by molar-refractivity contribution is 8.02. The standard InChI is InChI=1S/C28H26N2O3S/c1-26(2)17-27(3,18-8-5-4-6-9-18)21-10-7-11-22-24(21)30(26)25(33)28(22)29(23(32)16-34-28)19-12-14-20(31)15-13-19/h4-15,31H,16-17H2,1-3H3/t27-,28-/m0/s1. The Kier molecular flexibility index (Phi) is 4.31. The van der Waals surface area contributed by atoms with Crippen molar-refractivity contribution in [2.45, 2.75) is 43.0 Å². The number of benzene rings is 3. The average Bonchev–Trinajstić information content (AvgIpc) is 3.29. The molecule has 3 aromatic rings. The summed E-state index contributed by atoms with van der Waals surface area (Å²) < 4.78 is 0. The number of hydrogen-bond donors (Lipinski definition) is 1. The van der Waals surface area contributed by atoms with Gasteiger partial charge in [-0.2, -0.15) is 0 Å². The molecule has 172 valence electrons. The quantitative estimate of drug-likeness (QED) is 0.562. The Morgan fingerprint density at radius 1 is 0.824 bits per heavy atom. The van der Waals surface area contributed by atoms with E-state index in [0.717, 1.165) is 23.2 Å². The molecule has 6 rings (SSSR count). The molecular formula is C28H26N2O3S. The first-order chi connectivity index (χ1) is 16.2. The van der Waals surface area contributed by atoms with Gasteiger partial charge in [-0.3, -0.25) is 14.5 Å². The van der Waals surface area contributed by atoms with Crippen molar-refractivity contribution >= 4 is 35.0 Å². The fraction of sp³-hybridized carbons (Fsp3) is 0.286. The molecule has 3 aliphatic heterocycles. The van der Waals surface area contributed by atoms with E-state index in [9.17, 15) is 14.7 Å². The first-order valence-electron chi connectivity index (χ1n) is 11.5. The van der Waals surface area contributed by atoms with Gasteiger partial charge in [0.2, 0.25) is 10.8 Å². The molecule has 3 aromatic carbocycles. The lowest BCUT2D eigenvalue weighted by Gasteiger charge is -2.50. The minimum Gasteiger partial charge on any atom is -0.508 e. The van der Waals surface area contributed by atoms with Gasteiger partial charge in [-0.1, -0.05) is 55.5 Å². The first kappa shape index (κ1) is 21.3. The molecule has 3 heterocycles. The molecule has 1 spiro atoms. The summed E-state index contributed by atoms with van der Waals surface area (Å²) in [6.07, 6.45) is 0.764. The summed E-state index contributed by atoms with van der Waals surface area (Å²) in [7, 11) is 0. The number of carbonyl (C=O) groups excluding carboxylic acids is 2. The molecule has 1 saturated heterocycles. The van der Waals surface area contributed by atoms with Gasteiger partial charge in [-0.05, 0) is 55.7 Å². The Morgan fingerprint density at radius 2 is 1.50 bits per heavy atom. The topological polar surface area (TPSA) is 60.9 Å². The minimum atomic E-state index is -1.15. The van der Waals surface area contributed by atoms with E-state index < -0.39 is 10.4 Å². The lowest BCUT2D eigenvalue weighted by molar-refractivity contribution is -0.124. The monoisotopic (exact) mass is 470 g/mol. The number of amides is 2. The number of thioether (sulfide) groups is 1. The van der Waals surface area contributed by atoms with Crippen molar-refractivity contribution in [3.8, 4) is 5.75 Å². The van der Waals surface area contributed by atoms with Crippen LogP contribution < -0.4 is 9.80 Å². The van der Waals surface area contributed by atoms with Gasteiger partial charge >= 0.3 is 0 Å². The average molecular weight is 471 g/mol. The summed E-state index contributed by atoms with van der Waals surface area (Å²) in [5, 5.41) is 9.81. The Labute approximate surface area is 203 Å². The molecule has 3 aliphatic rings. The molecule has 0 radical (unpaired) electrons. The van der Waals surface area contributed by atoms with Gasteiger partial charge in [-0.25, -0.2) is 0 Å². The Morgan fingerprint density at radius 3 is 2.21 bits per heavy atom. The van der Waals surface area contributed by atoms with Gasteiger partial charge < -0.3 is 10.0 Å². The number of para-hydroxylation sites is 1. The lowest BCUT2D eigenvalue weighted by Crippen LogP contribution is -2.58. The molecule has 0 saturated carbocycles. The summed E-state index contributed by atoms with van der Waals surface area (Å²) in [6.45, 7) is 6.51. The molecule has 2 amide bonds. The number of rotatable bonds is 2. The fourth-order valence-corrected chi connectivity index (χ4v) is 7.64. The third kappa shape index (κ3) is 2.57. The number of nitrogens with zero attached hydrogens (tertiary/aromatic N) is 2. The van der Waals surface area contributed by atoms with Crippen LogP contribution in [0.1, 0.15) is 43.9 Å². The molecular weight excluding hydrogens is 444 g/mol. The van der Waals surface area contributed by atoms with E-state index in [1.165, 1.54) is 17.3 Å². The lowest BCUT2D eigenvalue weighted by atomic mass is 9.65. The van der Waals surface area contributed by atoms with Crippen LogP contribution in [-0.4, -0.2) is 28.2 Å². The van der Waals surface area contributed by atoms with Gasteiger partial charge in [0.1, 0.15) is 5.75 Å². The largest absolute Gasteiger partial charge is 0.508 e. The smallest absolute Gasteiger partial charge is 0.269 e. The second-order valence-electron chi connectivity index (χ2n) is 10.2. The molecule has 0 aliphatic carbocycles. The predicted octanol–water partition coefficient (Wildman–Crippen LogP) is 5.16. The van der Waals surface area contributed by atoms with Crippen LogP contribution in [-0.2, 0) is 19.9 Å². The van der Waals surface area contributed by atoms with Crippen molar-refractivity contribution in [1.82, 2.24) is 0 Å². The van der Waals surface area contributed by atoms with Gasteiger partial charge in [0.05, 0.1) is 11.4 Å². The van der Waals surface area contributed by atoms with E-state index in [1.807, 2.05) is 23.1 Å². The van der Waals surface area contributed by atoms with Gasteiger partial charge in [0, 0.05) is 22.2 Å². The minimum absolute atomic E-state index is 0.0704. The second kappa shape index (κ2) is 6.89. The zero-order chi connectivity index (χ0) is 23.9. The van der Waals surface area contributed by atoms with Crippen LogP contribution >= 0.6 is 11.8 Å². The number of phenolic OH excluding ortho intramolecular Hbond substituents is 1. The van der Waals surface area contributed by atoms with E-state index in [1.54, 1.807) is 29.2 Å². The predicted molar refractivity (Wildman–Crippen MR) is 135 cm³/mol. The number of fused-ring (bicyclic) bond motifs is 1. The van der Waals surface area contributed by atoms with Crippen LogP contribution in [0, 0.1) is 0 Å². The number of hydrogen-bond acceptors (Lipinski definition) is 4. The highest BCUT2D eigenvalue weighted by atomic mass is 32.2. The van der Waals surface area contributed by atoms with Gasteiger partial charge in [-0.15, -0.1) is 11.8 Å². The fourth-order valence-electron chi connectivity index (χ4n) is 6.31. The molecule has 0 aromatic heterocycles. The summed E-state index contributed by atoms with van der Waals surface area (Å²) in [4.78, 5) is 30.1. The maximum atomic E-state index is 14.4. The van der Waals surface area contributed by atoms with Gasteiger partial charge in [0.15, 0.2) is 0 Å². The van der Waals surface area contributed by atoms with Crippen molar-refractivity contribution in [2.24, 2.45) is 0 Å². The molecule has 0 bridgehead atoms. The molecule has 1 fully saturated rings. The summed E-state index contributed by atoms with van der Waals surface area (Å²) in [5.41, 5.74) is 4.01. The van der Waals surface area contributed by atoms with E-state index in [2.05, 4.69) is 51.1 Å². The number of carbonyl (C=O) groups is 2. The normalized spacial score (nSPS) is 26.9. The van der Waals surface area contributed by atoms with Crippen molar-refractivity contribution in [3.05, 3.63) is 89.5 Å². The second-order valence-corrected chi connectivity index (χ2v) is 11.4. The van der Waals surface area contributed by atoms with E-state index in [-0.39, 0.29) is 28.7 Å². The zero-order valence-electron chi connectivity index (χ0n) is 19.4. The third-order valence-electron chi connectivity index (χ3n) is 7.59. The number of aromatic hydroxyl groups is 1. The highest BCUT2D eigenvalue weighted by Crippen LogP contribution is 2.62. The van der Waals surface area contributed by atoms with E-state index in [4.69, 9.17) is 0 Å². The number of phenols is 1. The maximum Gasteiger partial charge on any atom is 0.269 e. The van der Waals surface area contributed by atoms with Crippen molar-refractivity contribution in [1.29, 1.82) is 0 Å². The van der Waals surface area contributed by atoms with Crippen LogP contribution in [0.3, 0.4) is 0 Å². The van der Waals surface area contributed by atoms with E-state index >= 15 is 0 Å². The van der Waals surface area contributed by atoms with Crippen LogP contribution in [0.4, 0.5) is 11.4 Å². The highest BCUT2D eigenvalue weighted by Gasteiger charge is 2.65. The van der Waals surface area contributed by atoms with Crippen molar-refractivity contribution in [2.75, 3.05) is 15.6 Å². The Balaban J connectivity index is 1.63. The van der Waals surface area contributed by atoms with Crippen molar-refractivity contribution < 1.29 is 14.7 Å². The van der Waals surface area contributed by atoms with Crippen molar-refractivity contribution in [3.63, 3.8) is 0 Å². The van der Waals surface area contributed by atoms with Crippen LogP contribution in [0.2, 0.25) is 0 Å². The molecule has 6 heteroatoms. The molecule has 0 unspecified atom stereocenters. The number of anilines is 2. The molecule has 5 nitrogen and oxygen atoms in total. The van der Waals surface area contributed by atoms with Crippen LogP contribution in [0.15, 0.2) is 72.8 Å². The molecule has 2 atom stereocenters.